The lowest BCUT2D eigenvalue weighted by molar-refractivity contribution is 0.0282. The van der Waals surface area contributed by atoms with Crippen molar-refractivity contribution in [3.63, 3.8) is 0 Å². The highest BCUT2D eigenvalue weighted by Gasteiger charge is 2.35. The van der Waals surface area contributed by atoms with Crippen LogP contribution in [0.5, 0.6) is 0 Å². The van der Waals surface area contributed by atoms with E-state index in [1.54, 1.807) is 11.3 Å². The highest BCUT2D eigenvalue weighted by molar-refractivity contribution is 7.13. The molecule has 1 aromatic carbocycles. The van der Waals surface area contributed by atoms with Gasteiger partial charge in [-0.05, 0) is 49.7 Å². The predicted molar refractivity (Wildman–Crippen MR) is 109 cm³/mol. The van der Waals surface area contributed by atoms with Crippen molar-refractivity contribution in [3.8, 4) is 10.8 Å². The lowest BCUT2D eigenvalue weighted by atomic mass is 9.75. The lowest BCUT2D eigenvalue weighted by Gasteiger charge is -2.42. The fraction of sp³-hybridized carbons (Fsp3) is 0.409. The zero-order valence-corrected chi connectivity index (χ0v) is 16.5. The van der Waals surface area contributed by atoms with Crippen LogP contribution in [0.3, 0.4) is 0 Å². The van der Waals surface area contributed by atoms with Crippen molar-refractivity contribution < 1.29 is 9.52 Å². The summed E-state index contributed by atoms with van der Waals surface area (Å²) in [6.45, 7) is 4.91. The standard InChI is InChI=1S/C22H26N2O2S/c1-17-19(23-21(26-17)20-9-5-12-27-20)14-24-11-6-10-22(15-24,16-25)13-18-7-3-2-4-8-18/h2-5,7-9,12,25H,6,10-11,13-16H2,1H3. The lowest BCUT2D eigenvalue weighted by Crippen LogP contribution is -2.46. The van der Waals surface area contributed by atoms with E-state index in [1.807, 2.05) is 30.5 Å². The van der Waals surface area contributed by atoms with Crippen LogP contribution in [0.25, 0.3) is 10.8 Å². The Kier molecular flexibility index (Phi) is 5.43. The van der Waals surface area contributed by atoms with E-state index in [2.05, 4.69) is 29.2 Å². The van der Waals surface area contributed by atoms with Crippen LogP contribution in [-0.4, -0.2) is 34.7 Å². The third-order valence-electron chi connectivity index (χ3n) is 5.50. The highest BCUT2D eigenvalue weighted by atomic mass is 32.1. The van der Waals surface area contributed by atoms with Gasteiger partial charge in [-0.3, -0.25) is 4.90 Å². The van der Waals surface area contributed by atoms with Gasteiger partial charge in [0.2, 0.25) is 5.89 Å². The minimum Gasteiger partial charge on any atom is -0.440 e. The average molecular weight is 383 g/mol. The number of piperidine rings is 1. The Hall–Kier alpha value is -1.95. The number of nitrogens with zero attached hydrogens (tertiary/aromatic N) is 2. The number of aliphatic hydroxyl groups is 1. The molecule has 0 spiro atoms. The molecule has 3 aromatic rings. The number of benzene rings is 1. The van der Waals surface area contributed by atoms with E-state index in [0.717, 1.165) is 55.2 Å². The molecule has 1 aliphatic heterocycles. The van der Waals surface area contributed by atoms with E-state index in [9.17, 15) is 5.11 Å². The van der Waals surface area contributed by atoms with Gasteiger partial charge in [0.05, 0.1) is 17.2 Å². The number of hydrogen-bond acceptors (Lipinski definition) is 5. The second-order valence-corrected chi connectivity index (χ2v) is 8.58. The minimum atomic E-state index is -0.0756. The summed E-state index contributed by atoms with van der Waals surface area (Å²) in [6.07, 6.45) is 3.08. The van der Waals surface area contributed by atoms with Crippen LogP contribution in [0.1, 0.15) is 29.9 Å². The Morgan fingerprint density at radius 3 is 2.81 bits per heavy atom. The SMILES string of the molecule is Cc1oc(-c2cccs2)nc1CN1CCCC(CO)(Cc2ccccc2)C1. The molecule has 142 valence electrons. The molecule has 1 atom stereocenters. The summed E-state index contributed by atoms with van der Waals surface area (Å²) in [5.74, 6) is 1.61. The Balaban J connectivity index is 1.48. The number of aromatic nitrogens is 1. The summed E-state index contributed by atoms with van der Waals surface area (Å²) < 4.78 is 5.90. The van der Waals surface area contributed by atoms with E-state index in [-0.39, 0.29) is 12.0 Å². The normalized spacial score (nSPS) is 20.8. The van der Waals surface area contributed by atoms with Gasteiger partial charge < -0.3 is 9.52 Å². The fourth-order valence-corrected chi connectivity index (χ4v) is 4.74. The van der Waals surface area contributed by atoms with Gasteiger partial charge in [-0.1, -0.05) is 36.4 Å². The number of hydrogen-bond donors (Lipinski definition) is 1. The summed E-state index contributed by atoms with van der Waals surface area (Å²) in [4.78, 5) is 8.23. The molecule has 2 aromatic heterocycles. The van der Waals surface area contributed by atoms with Crippen LogP contribution in [-0.2, 0) is 13.0 Å². The Bertz CT molecular complexity index is 860. The van der Waals surface area contributed by atoms with Crippen molar-refractivity contribution >= 4 is 11.3 Å². The average Bonchev–Trinajstić information content (AvgIpc) is 3.33. The molecule has 27 heavy (non-hydrogen) atoms. The van der Waals surface area contributed by atoms with Crippen molar-refractivity contribution in [2.24, 2.45) is 5.41 Å². The minimum absolute atomic E-state index is 0.0756. The topological polar surface area (TPSA) is 49.5 Å². The maximum absolute atomic E-state index is 10.2. The highest BCUT2D eigenvalue weighted by Crippen LogP contribution is 2.34. The fourth-order valence-electron chi connectivity index (χ4n) is 4.10. The number of likely N-dealkylation sites (tertiary alicyclic amines) is 1. The molecule has 1 aliphatic rings. The maximum atomic E-state index is 10.2. The van der Waals surface area contributed by atoms with Crippen molar-refractivity contribution in [1.29, 1.82) is 0 Å². The Morgan fingerprint density at radius 2 is 2.07 bits per heavy atom. The van der Waals surface area contributed by atoms with Gasteiger partial charge in [0.25, 0.3) is 0 Å². The van der Waals surface area contributed by atoms with Crippen molar-refractivity contribution in [2.45, 2.75) is 32.7 Å². The summed E-state index contributed by atoms with van der Waals surface area (Å²) in [5.41, 5.74) is 2.23. The van der Waals surface area contributed by atoms with Crippen molar-refractivity contribution in [3.05, 3.63) is 64.9 Å². The van der Waals surface area contributed by atoms with E-state index in [4.69, 9.17) is 9.40 Å². The summed E-state index contributed by atoms with van der Waals surface area (Å²) in [6, 6.07) is 14.6. The molecule has 1 unspecified atom stereocenters. The first-order chi connectivity index (χ1) is 13.2. The predicted octanol–water partition coefficient (Wildman–Crippen LogP) is 4.53. The molecule has 0 bridgehead atoms. The molecule has 1 saturated heterocycles. The van der Waals surface area contributed by atoms with E-state index in [0.29, 0.717) is 5.89 Å². The van der Waals surface area contributed by atoms with Crippen LogP contribution in [0.2, 0.25) is 0 Å². The number of thiophene rings is 1. The van der Waals surface area contributed by atoms with E-state index >= 15 is 0 Å². The second kappa shape index (κ2) is 7.97. The first-order valence-electron chi connectivity index (χ1n) is 9.55. The Morgan fingerprint density at radius 1 is 1.22 bits per heavy atom. The van der Waals surface area contributed by atoms with Crippen LogP contribution < -0.4 is 0 Å². The van der Waals surface area contributed by atoms with Gasteiger partial charge in [-0.15, -0.1) is 11.3 Å². The molecule has 3 heterocycles. The summed E-state index contributed by atoms with van der Waals surface area (Å²) in [5, 5.41) is 12.3. The quantitative estimate of drug-likeness (QED) is 0.680. The summed E-state index contributed by atoms with van der Waals surface area (Å²) in [7, 11) is 0. The number of oxazole rings is 1. The number of aliphatic hydroxyl groups excluding tert-OH is 1. The molecule has 0 radical (unpaired) electrons. The van der Waals surface area contributed by atoms with Gasteiger partial charge in [-0.25, -0.2) is 4.98 Å². The third-order valence-corrected chi connectivity index (χ3v) is 6.35. The molecule has 0 amide bonds. The zero-order chi connectivity index (χ0) is 18.7. The van der Waals surface area contributed by atoms with Gasteiger partial charge in [0, 0.05) is 18.5 Å². The zero-order valence-electron chi connectivity index (χ0n) is 15.7. The van der Waals surface area contributed by atoms with Gasteiger partial charge in [0.15, 0.2) is 0 Å². The molecule has 4 rings (SSSR count). The molecule has 1 fully saturated rings. The molecule has 0 saturated carbocycles. The van der Waals surface area contributed by atoms with Crippen molar-refractivity contribution in [2.75, 3.05) is 19.7 Å². The summed E-state index contributed by atoms with van der Waals surface area (Å²) >= 11 is 1.65. The van der Waals surface area contributed by atoms with Crippen LogP contribution in [0, 0.1) is 12.3 Å². The monoisotopic (exact) mass is 382 g/mol. The van der Waals surface area contributed by atoms with Crippen LogP contribution in [0.4, 0.5) is 0 Å². The van der Waals surface area contributed by atoms with E-state index < -0.39 is 0 Å². The molecule has 1 N–H and O–H groups in total. The van der Waals surface area contributed by atoms with Gasteiger partial charge in [0.1, 0.15) is 5.76 Å². The number of aryl methyl sites for hydroxylation is 1. The largest absolute Gasteiger partial charge is 0.440 e. The smallest absolute Gasteiger partial charge is 0.236 e. The van der Waals surface area contributed by atoms with Crippen LogP contribution in [0.15, 0.2) is 52.3 Å². The maximum Gasteiger partial charge on any atom is 0.236 e. The molecular formula is C22H26N2O2S. The second-order valence-electron chi connectivity index (χ2n) is 7.63. The third kappa shape index (κ3) is 4.15. The van der Waals surface area contributed by atoms with Gasteiger partial charge >= 0.3 is 0 Å². The molecule has 5 heteroatoms. The number of rotatable bonds is 6. The van der Waals surface area contributed by atoms with Gasteiger partial charge in [-0.2, -0.15) is 0 Å². The first kappa shape index (κ1) is 18.4. The van der Waals surface area contributed by atoms with Crippen LogP contribution >= 0.6 is 11.3 Å². The van der Waals surface area contributed by atoms with Crippen molar-refractivity contribution in [1.82, 2.24) is 9.88 Å². The molecule has 0 aliphatic carbocycles. The Labute approximate surface area is 164 Å². The van der Waals surface area contributed by atoms with E-state index in [1.165, 1.54) is 5.56 Å². The first-order valence-corrected chi connectivity index (χ1v) is 10.4. The molecule has 4 nitrogen and oxygen atoms in total. The molecular weight excluding hydrogens is 356 g/mol.